The molecular formula is C28H20N6O5. The van der Waals surface area contributed by atoms with Gasteiger partial charge in [-0.2, -0.15) is 4.68 Å². The molecule has 3 aromatic carbocycles. The molecule has 0 radical (unpaired) electrons. The molecule has 0 bridgehead atoms. The third-order valence-electron chi connectivity index (χ3n) is 7.86. The van der Waals surface area contributed by atoms with Crippen molar-refractivity contribution in [2.75, 3.05) is 9.80 Å². The third kappa shape index (κ3) is 3.13. The van der Waals surface area contributed by atoms with Gasteiger partial charge in [0.15, 0.2) is 0 Å². The number of carbonyl (C=O) groups is 3. The number of imide groups is 1. The van der Waals surface area contributed by atoms with Gasteiger partial charge >= 0.3 is 0 Å². The first-order chi connectivity index (χ1) is 18.9. The van der Waals surface area contributed by atoms with Gasteiger partial charge in [0, 0.05) is 17.8 Å². The summed E-state index contributed by atoms with van der Waals surface area (Å²) < 4.78 is 1.21. The Morgan fingerprint density at radius 3 is 2.49 bits per heavy atom. The zero-order valence-corrected chi connectivity index (χ0v) is 20.5. The number of carbonyl (C=O) groups excluding carboxylic acids is 3. The van der Waals surface area contributed by atoms with Crippen LogP contribution in [0.2, 0.25) is 0 Å². The van der Waals surface area contributed by atoms with Crippen molar-refractivity contribution >= 4 is 51.9 Å². The van der Waals surface area contributed by atoms with E-state index in [0.717, 1.165) is 16.2 Å². The van der Waals surface area contributed by atoms with E-state index < -0.39 is 46.6 Å². The Bertz CT molecular complexity index is 1780. The molecule has 39 heavy (non-hydrogen) atoms. The molecule has 1 aromatic heterocycles. The molecule has 0 spiro atoms. The Kier molecular flexibility index (Phi) is 4.80. The molecule has 11 heteroatoms. The van der Waals surface area contributed by atoms with Crippen molar-refractivity contribution in [2.45, 2.75) is 19.0 Å². The quantitative estimate of drug-likeness (QED) is 0.228. The smallest absolute Gasteiger partial charge is 0.272 e. The van der Waals surface area contributed by atoms with E-state index >= 15 is 0 Å². The predicted molar refractivity (Wildman–Crippen MR) is 141 cm³/mol. The van der Waals surface area contributed by atoms with Crippen molar-refractivity contribution in [3.8, 4) is 0 Å². The van der Waals surface area contributed by atoms with E-state index in [4.69, 9.17) is 0 Å². The van der Waals surface area contributed by atoms with Crippen LogP contribution in [0.4, 0.5) is 17.1 Å². The summed E-state index contributed by atoms with van der Waals surface area (Å²) in [4.78, 5) is 56.0. The standard InChI is InChI=1S/C28H20N6O5/c1-15-14-17(34(38)39)11-13-19(15)32-26(35)23-22-12-10-16-6-2-4-8-20(16)31(22)25(24(23)27(32)36)28(37)33-21-9-5-3-7-18(21)29-30-33/h2-14,22-25H,1H3/t22-,23-,24+,25-/m0/s1. The second-order valence-corrected chi connectivity index (χ2v) is 9.88. The molecule has 192 valence electrons. The van der Waals surface area contributed by atoms with Crippen molar-refractivity contribution in [1.82, 2.24) is 15.0 Å². The minimum Gasteiger partial charge on any atom is -0.351 e. The summed E-state index contributed by atoms with van der Waals surface area (Å²) in [6, 6.07) is 17.0. The first-order valence-electron chi connectivity index (χ1n) is 12.4. The van der Waals surface area contributed by atoms with Crippen molar-refractivity contribution in [1.29, 1.82) is 0 Å². The second-order valence-electron chi connectivity index (χ2n) is 9.88. The zero-order chi connectivity index (χ0) is 27.0. The number of aryl methyl sites for hydroxylation is 1. The second kappa shape index (κ2) is 8.15. The molecule has 0 N–H and O–H groups in total. The molecule has 0 saturated carbocycles. The largest absolute Gasteiger partial charge is 0.351 e. The molecule has 2 amide bonds. The van der Waals surface area contributed by atoms with Crippen molar-refractivity contribution in [3.05, 3.63) is 94.0 Å². The number of fused-ring (bicyclic) bond motifs is 6. The van der Waals surface area contributed by atoms with Crippen LogP contribution in [0.15, 0.2) is 72.8 Å². The van der Waals surface area contributed by atoms with Crippen LogP contribution in [-0.4, -0.2) is 49.7 Å². The molecule has 2 fully saturated rings. The van der Waals surface area contributed by atoms with Crippen LogP contribution < -0.4 is 9.80 Å². The highest BCUT2D eigenvalue weighted by Gasteiger charge is 2.65. The van der Waals surface area contributed by atoms with Crippen molar-refractivity contribution in [3.63, 3.8) is 0 Å². The number of amides is 2. The fourth-order valence-corrected chi connectivity index (χ4v) is 6.20. The Morgan fingerprint density at radius 1 is 0.949 bits per heavy atom. The molecule has 2 saturated heterocycles. The highest BCUT2D eigenvalue weighted by Crippen LogP contribution is 2.50. The molecule has 4 aromatic rings. The fraction of sp³-hybridized carbons (Fsp3) is 0.179. The van der Waals surface area contributed by atoms with E-state index in [2.05, 4.69) is 10.3 Å². The molecule has 0 aliphatic carbocycles. The van der Waals surface area contributed by atoms with Gasteiger partial charge in [0.25, 0.3) is 11.6 Å². The topological polar surface area (TPSA) is 132 Å². The lowest BCUT2D eigenvalue weighted by Crippen LogP contribution is -2.50. The number of anilines is 2. The number of hydrogen-bond donors (Lipinski definition) is 0. The van der Waals surface area contributed by atoms with Gasteiger partial charge in [0.05, 0.1) is 34.0 Å². The summed E-state index contributed by atoms with van der Waals surface area (Å²) in [7, 11) is 0. The van der Waals surface area contributed by atoms with Gasteiger partial charge in [0.1, 0.15) is 11.6 Å². The number of para-hydroxylation sites is 2. The van der Waals surface area contributed by atoms with Crippen LogP contribution in [0.1, 0.15) is 15.9 Å². The lowest BCUT2D eigenvalue weighted by atomic mass is 9.88. The van der Waals surface area contributed by atoms with Crippen LogP contribution in [-0.2, 0) is 9.59 Å². The Labute approximate surface area is 221 Å². The number of aromatic nitrogens is 3. The summed E-state index contributed by atoms with van der Waals surface area (Å²) in [6.45, 7) is 1.62. The van der Waals surface area contributed by atoms with Crippen LogP contribution in [0, 0.1) is 28.9 Å². The van der Waals surface area contributed by atoms with E-state index in [1.807, 2.05) is 41.3 Å². The average molecular weight is 521 g/mol. The first kappa shape index (κ1) is 23.0. The number of rotatable bonds is 3. The van der Waals surface area contributed by atoms with Gasteiger partial charge < -0.3 is 4.90 Å². The molecule has 7 rings (SSSR count). The van der Waals surface area contributed by atoms with Crippen molar-refractivity contribution < 1.29 is 19.3 Å². The van der Waals surface area contributed by atoms with Gasteiger partial charge in [-0.25, -0.2) is 4.90 Å². The van der Waals surface area contributed by atoms with E-state index in [-0.39, 0.29) is 11.4 Å². The highest BCUT2D eigenvalue weighted by atomic mass is 16.6. The summed E-state index contributed by atoms with van der Waals surface area (Å²) in [5, 5.41) is 19.5. The Morgan fingerprint density at radius 2 is 1.69 bits per heavy atom. The monoisotopic (exact) mass is 520 g/mol. The normalized spacial score (nSPS) is 23.2. The molecule has 3 aliphatic heterocycles. The molecule has 11 nitrogen and oxygen atoms in total. The number of non-ortho nitro benzene ring substituents is 1. The van der Waals surface area contributed by atoms with Crippen LogP contribution in [0.5, 0.6) is 0 Å². The lowest BCUT2D eigenvalue weighted by Gasteiger charge is -2.36. The Balaban J connectivity index is 1.38. The number of nitro benzene ring substituents is 1. The summed E-state index contributed by atoms with van der Waals surface area (Å²) in [6.07, 6.45) is 3.77. The van der Waals surface area contributed by atoms with Crippen LogP contribution >= 0.6 is 0 Å². The van der Waals surface area contributed by atoms with Gasteiger partial charge in [-0.1, -0.05) is 47.7 Å². The van der Waals surface area contributed by atoms with E-state index in [0.29, 0.717) is 16.6 Å². The molecular weight excluding hydrogens is 500 g/mol. The maximum Gasteiger partial charge on any atom is 0.272 e. The third-order valence-corrected chi connectivity index (χ3v) is 7.86. The maximum atomic E-state index is 14.2. The maximum absolute atomic E-state index is 14.2. The number of hydrogen-bond acceptors (Lipinski definition) is 8. The average Bonchev–Trinajstić information content (AvgIpc) is 3.60. The van der Waals surface area contributed by atoms with Crippen LogP contribution in [0.25, 0.3) is 17.1 Å². The summed E-state index contributed by atoms with van der Waals surface area (Å²) in [5.41, 5.74) is 3.21. The van der Waals surface area contributed by atoms with E-state index in [1.54, 1.807) is 31.2 Å². The Hall–Kier alpha value is -5.19. The van der Waals surface area contributed by atoms with Crippen LogP contribution in [0.3, 0.4) is 0 Å². The predicted octanol–water partition coefficient (Wildman–Crippen LogP) is 3.38. The van der Waals surface area contributed by atoms with Gasteiger partial charge in [0.2, 0.25) is 11.8 Å². The van der Waals surface area contributed by atoms with E-state index in [9.17, 15) is 24.5 Å². The van der Waals surface area contributed by atoms with Gasteiger partial charge in [-0.05, 0) is 42.3 Å². The number of nitro groups is 1. The molecule has 4 heterocycles. The van der Waals surface area contributed by atoms with Gasteiger partial charge in [-0.15, -0.1) is 5.10 Å². The zero-order valence-electron chi connectivity index (χ0n) is 20.5. The fourth-order valence-electron chi connectivity index (χ4n) is 6.20. The number of benzene rings is 3. The number of nitrogens with zero attached hydrogens (tertiary/aromatic N) is 6. The molecule has 0 unspecified atom stereocenters. The lowest BCUT2D eigenvalue weighted by molar-refractivity contribution is -0.384. The minimum atomic E-state index is -1.03. The highest BCUT2D eigenvalue weighted by molar-refractivity contribution is 6.25. The molecule has 3 aliphatic rings. The minimum absolute atomic E-state index is 0.139. The van der Waals surface area contributed by atoms with Gasteiger partial charge in [-0.3, -0.25) is 24.5 Å². The van der Waals surface area contributed by atoms with E-state index in [1.165, 1.54) is 22.9 Å². The summed E-state index contributed by atoms with van der Waals surface area (Å²) >= 11 is 0. The SMILES string of the molecule is Cc1cc([N+](=O)[O-])ccc1N1C(=O)[C@@H]2[C@@H](C1=O)[C@@H]1C=Cc3ccccc3N1[C@@H]2C(=O)n1nnc2ccccc21. The molecule has 4 atom stereocenters. The first-order valence-corrected chi connectivity index (χ1v) is 12.4. The summed E-state index contributed by atoms with van der Waals surface area (Å²) in [5.74, 6) is -3.26. The van der Waals surface area contributed by atoms with Crippen molar-refractivity contribution in [2.24, 2.45) is 11.8 Å².